The summed E-state index contributed by atoms with van der Waals surface area (Å²) >= 11 is 0. The molecule has 1 N–H and O–H groups in total. The van der Waals surface area contributed by atoms with E-state index in [2.05, 4.69) is 5.32 Å². The summed E-state index contributed by atoms with van der Waals surface area (Å²) in [7, 11) is 0. The summed E-state index contributed by atoms with van der Waals surface area (Å²) < 4.78 is 20.2. The molecule has 2 aliphatic carbocycles. The highest BCUT2D eigenvalue weighted by molar-refractivity contribution is 6.00. The Balaban J connectivity index is 1.47. The van der Waals surface area contributed by atoms with E-state index in [4.69, 9.17) is 4.74 Å². The molecule has 0 aromatic heterocycles. The van der Waals surface area contributed by atoms with Gasteiger partial charge in [0.15, 0.2) is 0 Å². The largest absolute Gasteiger partial charge is 0.444 e. The number of rotatable bonds is 2. The van der Waals surface area contributed by atoms with Gasteiger partial charge in [-0.25, -0.2) is 9.18 Å². The number of benzene rings is 1. The van der Waals surface area contributed by atoms with Crippen molar-refractivity contribution in [1.29, 1.82) is 0 Å². The zero-order valence-electron chi connectivity index (χ0n) is 14.8. The molecule has 2 saturated carbocycles. The minimum atomic E-state index is -0.556. The van der Waals surface area contributed by atoms with Crippen molar-refractivity contribution in [2.45, 2.75) is 52.2 Å². The number of halogens is 1. The Hall–Kier alpha value is -2.11. The number of nitrogens with zero attached hydrogens (tertiary/aromatic N) is 1. The SMILES string of the molecule is CC(C)(C)OC(=O)N1CCc2c(ccc(NC(=O)C34CC3C4)c2F)C1. The van der Waals surface area contributed by atoms with Gasteiger partial charge in [0.25, 0.3) is 0 Å². The lowest BCUT2D eigenvalue weighted by atomic mass is 9.98. The van der Waals surface area contributed by atoms with Crippen molar-refractivity contribution in [3.63, 3.8) is 0 Å². The van der Waals surface area contributed by atoms with Crippen LogP contribution in [0.15, 0.2) is 12.1 Å². The van der Waals surface area contributed by atoms with Crippen molar-refractivity contribution in [3.05, 3.63) is 29.1 Å². The van der Waals surface area contributed by atoms with Crippen molar-refractivity contribution in [2.24, 2.45) is 11.3 Å². The fraction of sp³-hybridized carbons (Fsp3) is 0.579. The molecule has 0 bridgehead atoms. The zero-order chi connectivity index (χ0) is 18.0. The van der Waals surface area contributed by atoms with Crippen LogP contribution in [0.4, 0.5) is 14.9 Å². The van der Waals surface area contributed by atoms with Gasteiger partial charge in [-0.1, -0.05) is 6.07 Å². The minimum Gasteiger partial charge on any atom is -0.444 e. The molecule has 0 saturated heterocycles. The smallest absolute Gasteiger partial charge is 0.410 e. The maximum absolute atomic E-state index is 14.8. The van der Waals surface area contributed by atoms with Gasteiger partial charge in [-0.2, -0.15) is 0 Å². The van der Waals surface area contributed by atoms with Gasteiger partial charge in [0.2, 0.25) is 5.91 Å². The van der Waals surface area contributed by atoms with Gasteiger partial charge in [-0.3, -0.25) is 4.79 Å². The number of hydrogen-bond acceptors (Lipinski definition) is 3. The molecule has 1 aliphatic heterocycles. The molecule has 1 aromatic carbocycles. The van der Waals surface area contributed by atoms with E-state index < -0.39 is 5.60 Å². The second kappa shape index (κ2) is 5.19. The van der Waals surface area contributed by atoms with Gasteiger partial charge in [-0.05, 0) is 63.1 Å². The van der Waals surface area contributed by atoms with Gasteiger partial charge in [-0.15, -0.1) is 0 Å². The summed E-state index contributed by atoms with van der Waals surface area (Å²) in [5, 5.41) is 2.75. The topological polar surface area (TPSA) is 58.6 Å². The Kier molecular flexibility index (Phi) is 3.40. The first-order valence-electron chi connectivity index (χ1n) is 8.79. The normalized spacial score (nSPS) is 26.4. The number of hydrogen-bond donors (Lipinski definition) is 1. The molecule has 2 fully saturated rings. The van der Waals surface area contributed by atoms with Crippen LogP contribution < -0.4 is 5.32 Å². The van der Waals surface area contributed by atoms with Crippen molar-refractivity contribution in [2.75, 3.05) is 11.9 Å². The molecule has 4 rings (SSSR count). The molecule has 25 heavy (non-hydrogen) atoms. The standard InChI is InChI=1S/C19H23FN2O3/c1-18(2,3)25-17(24)22-7-6-13-11(10-22)4-5-14(15(13)20)21-16(23)19-8-12(19)9-19/h4-5,12H,6-10H2,1-3H3,(H,21,23). The van der Waals surface area contributed by atoms with Gasteiger partial charge < -0.3 is 15.0 Å². The van der Waals surface area contributed by atoms with Gasteiger partial charge in [0, 0.05) is 13.1 Å². The molecule has 134 valence electrons. The van der Waals surface area contributed by atoms with E-state index >= 15 is 0 Å². The van der Waals surface area contributed by atoms with Crippen LogP contribution in [0.2, 0.25) is 0 Å². The number of fused-ring (bicyclic) bond motifs is 2. The van der Waals surface area contributed by atoms with Crippen LogP contribution >= 0.6 is 0 Å². The van der Waals surface area contributed by atoms with Crippen LogP contribution in [0.5, 0.6) is 0 Å². The molecule has 0 radical (unpaired) electrons. The molecule has 0 atom stereocenters. The monoisotopic (exact) mass is 346 g/mol. The van der Waals surface area contributed by atoms with E-state index in [1.807, 2.05) is 20.8 Å². The van der Waals surface area contributed by atoms with E-state index in [0.717, 1.165) is 18.4 Å². The van der Waals surface area contributed by atoms with Gasteiger partial charge in [0.05, 0.1) is 11.1 Å². The Morgan fingerprint density at radius 1 is 1.32 bits per heavy atom. The van der Waals surface area contributed by atoms with E-state index in [1.54, 1.807) is 17.0 Å². The lowest BCUT2D eigenvalue weighted by Crippen LogP contribution is -2.40. The van der Waals surface area contributed by atoms with E-state index in [-0.39, 0.29) is 28.9 Å². The second-order valence-electron chi connectivity index (χ2n) is 8.43. The maximum atomic E-state index is 14.8. The van der Waals surface area contributed by atoms with E-state index in [9.17, 15) is 14.0 Å². The third kappa shape index (κ3) is 2.87. The quantitative estimate of drug-likeness (QED) is 0.892. The van der Waals surface area contributed by atoms with Crippen molar-refractivity contribution in [3.8, 4) is 0 Å². The van der Waals surface area contributed by atoms with Gasteiger partial charge >= 0.3 is 6.09 Å². The van der Waals surface area contributed by atoms with Crippen LogP contribution in [0.3, 0.4) is 0 Å². The van der Waals surface area contributed by atoms with E-state index in [0.29, 0.717) is 31.0 Å². The molecule has 0 unspecified atom stereocenters. The van der Waals surface area contributed by atoms with Crippen molar-refractivity contribution >= 4 is 17.7 Å². The lowest BCUT2D eigenvalue weighted by molar-refractivity contribution is -0.119. The summed E-state index contributed by atoms with van der Waals surface area (Å²) in [6.07, 6.45) is 1.91. The molecule has 1 aromatic rings. The van der Waals surface area contributed by atoms with Crippen LogP contribution in [0.1, 0.15) is 44.7 Å². The predicted octanol–water partition coefficient (Wildman–Crippen LogP) is 3.47. The number of carbonyl (C=O) groups is 2. The first kappa shape index (κ1) is 16.4. The highest BCUT2D eigenvalue weighted by atomic mass is 19.1. The average molecular weight is 346 g/mol. The fourth-order valence-corrected chi connectivity index (χ4v) is 3.51. The molecule has 3 aliphatic rings. The molecule has 2 amide bonds. The molecular weight excluding hydrogens is 323 g/mol. The Morgan fingerprint density at radius 3 is 2.60 bits per heavy atom. The first-order valence-corrected chi connectivity index (χ1v) is 8.79. The molecule has 1 heterocycles. The number of nitrogens with one attached hydrogen (secondary N) is 1. The zero-order valence-corrected chi connectivity index (χ0v) is 14.8. The molecule has 0 spiro atoms. The summed E-state index contributed by atoms with van der Waals surface area (Å²) in [6.45, 7) is 6.19. The minimum absolute atomic E-state index is 0.0532. The average Bonchev–Trinajstić information content (AvgIpc) is 3.37. The summed E-state index contributed by atoms with van der Waals surface area (Å²) in [6, 6.07) is 3.39. The highest BCUT2D eigenvalue weighted by Crippen LogP contribution is 2.75. The predicted molar refractivity (Wildman–Crippen MR) is 90.5 cm³/mol. The Morgan fingerprint density at radius 2 is 2.00 bits per heavy atom. The summed E-state index contributed by atoms with van der Waals surface area (Å²) in [5.74, 6) is 0.0991. The third-order valence-corrected chi connectivity index (χ3v) is 5.37. The Labute approximate surface area is 146 Å². The number of anilines is 1. The summed E-state index contributed by atoms with van der Waals surface area (Å²) in [4.78, 5) is 26.0. The lowest BCUT2D eigenvalue weighted by Gasteiger charge is -2.31. The van der Waals surface area contributed by atoms with Crippen molar-refractivity contribution < 1.29 is 18.7 Å². The molecular formula is C19H23FN2O3. The second-order valence-corrected chi connectivity index (χ2v) is 8.43. The number of amides is 2. The Bertz CT molecular complexity index is 763. The van der Waals surface area contributed by atoms with Crippen LogP contribution in [0, 0.1) is 17.2 Å². The molecule has 6 heteroatoms. The highest BCUT2D eigenvalue weighted by Gasteiger charge is 2.74. The van der Waals surface area contributed by atoms with Crippen LogP contribution in [-0.2, 0) is 22.5 Å². The summed E-state index contributed by atoms with van der Waals surface area (Å²) in [5.41, 5.74) is 0.858. The number of carbonyl (C=O) groups excluding carboxylic acids is 2. The van der Waals surface area contributed by atoms with Crippen LogP contribution in [-0.4, -0.2) is 29.0 Å². The molecule has 5 nitrogen and oxygen atoms in total. The van der Waals surface area contributed by atoms with Crippen molar-refractivity contribution in [1.82, 2.24) is 4.90 Å². The third-order valence-electron chi connectivity index (χ3n) is 5.37. The van der Waals surface area contributed by atoms with Crippen LogP contribution in [0.25, 0.3) is 0 Å². The van der Waals surface area contributed by atoms with Gasteiger partial charge in [0.1, 0.15) is 11.4 Å². The fourth-order valence-electron chi connectivity index (χ4n) is 3.51. The number of ether oxygens (including phenoxy) is 1. The maximum Gasteiger partial charge on any atom is 0.410 e. The first-order chi connectivity index (χ1) is 11.7. The van der Waals surface area contributed by atoms with E-state index in [1.165, 1.54) is 0 Å².